The van der Waals surface area contributed by atoms with Crippen molar-refractivity contribution in [1.82, 2.24) is 4.90 Å². The predicted molar refractivity (Wildman–Crippen MR) is 94.8 cm³/mol. The predicted octanol–water partition coefficient (Wildman–Crippen LogP) is 3.71. The van der Waals surface area contributed by atoms with Crippen molar-refractivity contribution in [2.24, 2.45) is 5.92 Å². The van der Waals surface area contributed by atoms with Crippen molar-refractivity contribution >= 4 is 23.3 Å². The molecule has 3 amide bonds. The van der Waals surface area contributed by atoms with Crippen molar-refractivity contribution in [2.45, 2.75) is 12.8 Å². The van der Waals surface area contributed by atoms with E-state index in [2.05, 4.69) is 10.6 Å². The minimum Gasteiger partial charge on any atom is -0.326 e. The number of nitrogens with zero attached hydrogens (tertiary/aromatic N) is 1. The van der Waals surface area contributed by atoms with Gasteiger partial charge in [-0.25, -0.2) is 9.18 Å². The van der Waals surface area contributed by atoms with Crippen molar-refractivity contribution in [1.29, 1.82) is 0 Å². The third-order valence-electron chi connectivity index (χ3n) is 4.22. The number of urea groups is 1. The molecule has 1 aliphatic rings. The first kappa shape index (κ1) is 17.0. The van der Waals surface area contributed by atoms with Crippen LogP contribution in [0.3, 0.4) is 0 Å². The lowest BCUT2D eigenvalue weighted by Gasteiger charge is -2.32. The van der Waals surface area contributed by atoms with E-state index < -0.39 is 0 Å². The number of para-hydroxylation sites is 1. The highest BCUT2D eigenvalue weighted by molar-refractivity contribution is 5.94. The first-order chi connectivity index (χ1) is 12.1. The number of halogens is 1. The Labute approximate surface area is 145 Å². The zero-order valence-corrected chi connectivity index (χ0v) is 13.7. The summed E-state index contributed by atoms with van der Waals surface area (Å²) in [5.41, 5.74) is 1.28. The quantitative estimate of drug-likeness (QED) is 0.894. The summed E-state index contributed by atoms with van der Waals surface area (Å²) in [6.45, 7) is 0.991. The Balaban J connectivity index is 1.57. The van der Waals surface area contributed by atoms with Crippen LogP contribution in [0.25, 0.3) is 0 Å². The summed E-state index contributed by atoms with van der Waals surface area (Å²) in [5, 5.41) is 5.62. The molecule has 1 aliphatic heterocycles. The van der Waals surface area contributed by atoms with E-state index in [0.29, 0.717) is 18.8 Å². The maximum atomic E-state index is 12.9. The summed E-state index contributed by atoms with van der Waals surface area (Å²) >= 11 is 0. The summed E-state index contributed by atoms with van der Waals surface area (Å²) in [6, 6.07) is 14.7. The third kappa shape index (κ3) is 4.56. The van der Waals surface area contributed by atoms with Gasteiger partial charge < -0.3 is 15.5 Å². The molecular weight excluding hydrogens is 321 g/mol. The van der Waals surface area contributed by atoms with Crippen LogP contribution in [0.1, 0.15) is 12.8 Å². The van der Waals surface area contributed by atoms with E-state index in [1.807, 2.05) is 30.3 Å². The maximum absolute atomic E-state index is 12.9. The zero-order chi connectivity index (χ0) is 17.6. The lowest BCUT2D eigenvalue weighted by atomic mass is 9.97. The van der Waals surface area contributed by atoms with Gasteiger partial charge in [0, 0.05) is 24.5 Å². The molecule has 1 fully saturated rings. The number of benzene rings is 2. The van der Waals surface area contributed by atoms with Crippen LogP contribution in [0.2, 0.25) is 0 Å². The number of anilines is 2. The zero-order valence-electron chi connectivity index (χ0n) is 13.7. The summed E-state index contributed by atoms with van der Waals surface area (Å²) < 4.78 is 12.9. The van der Waals surface area contributed by atoms with Gasteiger partial charge in [-0.2, -0.15) is 0 Å². The molecule has 0 saturated carbocycles. The normalized spacial score (nSPS) is 17.0. The first-order valence-corrected chi connectivity index (χ1v) is 8.29. The Hall–Kier alpha value is -2.89. The van der Waals surface area contributed by atoms with E-state index in [4.69, 9.17) is 0 Å². The number of hydrogen-bond acceptors (Lipinski definition) is 2. The molecule has 2 aromatic carbocycles. The van der Waals surface area contributed by atoms with Gasteiger partial charge in [0.2, 0.25) is 5.91 Å². The molecule has 6 heteroatoms. The number of amides is 3. The molecule has 1 atom stereocenters. The maximum Gasteiger partial charge on any atom is 0.321 e. The van der Waals surface area contributed by atoms with E-state index in [-0.39, 0.29) is 23.7 Å². The molecule has 0 unspecified atom stereocenters. The number of rotatable bonds is 3. The fourth-order valence-electron chi connectivity index (χ4n) is 2.88. The van der Waals surface area contributed by atoms with Crippen LogP contribution in [0, 0.1) is 11.7 Å². The third-order valence-corrected chi connectivity index (χ3v) is 4.22. The molecular formula is C19H20FN3O2. The van der Waals surface area contributed by atoms with Crippen LogP contribution in [-0.2, 0) is 4.79 Å². The van der Waals surface area contributed by atoms with Crippen LogP contribution in [0.15, 0.2) is 54.6 Å². The SMILES string of the molecule is O=C(Nc1ccc(F)cc1)[C@@H]1CCCN(C(=O)Nc2ccccc2)C1. The minimum atomic E-state index is -0.348. The minimum absolute atomic E-state index is 0.149. The van der Waals surface area contributed by atoms with Crippen molar-refractivity contribution in [2.75, 3.05) is 23.7 Å². The van der Waals surface area contributed by atoms with Crippen molar-refractivity contribution in [3.05, 3.63) is 60.4 Å². The van der Waals surface area contributed by atoms with Gasteiger partial charge in [0.25, 0.3) is 0 Å². The molecule has 2 N–H and O–H groups in total. The van der Waals surface area contributed by atoms with Gasteiger partial charge in [-0.3, -0.25) is 4.79 Å². The molecule has 0 spiro atoms. The number of likely N-dealkylation sites (tertiary alicyclic amines) is 1. The van der Waals surface area contributed by atoms with E-state index in [0.717, 1.165) is 18.5 Å². The number of piperidine rings is 1. The van der Waals surface area contributed by atoms with E-state index in [9.17, 15) is 14.0 Å². The molecule has 0 aliphatic carbocycles. The molecule has 3 rings (SSSR count). The molecule has 0 aromatic heterocycles. The van der Waals surface area contributed by atoms with Crippen LogP contribution < -0.4 is 10.6 Å². The first-order valence-electron chi connectivity index (χ1n) is 8.29. The molecule has 130 valence electrons. The molecule has 0 bridgehead atoms. The van der Waals surface area contributed by atoms with Crippen molar-refractivity contribution in [3.63, 3.8) is 0 Å². The van der Waals surface area contributed by atoms with Crippen LogP contribution in [0.4, 0.5) is 20.6 Å². The van der Waals surface area contributed by atoms with Gasteiger partial charge in [0.05, 0.1) is 5.92 Å². The van der Waals surface area contributed by atoms with Gasteiger partial charge in [-0.05, 0) is 49.2 Å². The Kier molecular flexibility index (Phi) is 5.28. The second-order valence-electron chi connectivity index (χ2n) is 6.08. The van der Waals surface area contributed by atoms with Crippen molar-refractivity contribution in [3.8, 4) is 0 Å². The van der Waals surface area contributed by atoms with E-state index >= 15 is 0 Å². The van der Waals surface area contributed by atoms with Gasteiger partial charge >= 0.3 is 6.03 Å². The smallest absolute Gasteiger partial charge is 0.321 e. The van der Waals surface area contributed by atoms with Crippen LogP contribution in [-0.4, -0.2) is 29.9 Å². The fraction of sp³-hybridized carbons (Fsp3) is 0.263. The lowest BCUT2D eigenvalue weighted by molar-refractivity contribution is -0.121. The summed E-state index contributed by atoms with van der Waals surface area (Å²) in [6.07, 6.45) is 1.49. The topological polar surface area (TPSA) is 61.4 Å². The Bertz CT molecular complexity index is 734. The number of nitrogens with one attached hydrogen (secondary N) is 2. The fourth-order valence-corrected chi connectivity index (χ4v) is 2.88. The Morgan fingerprint density at radius 1 is 0.960 bits per heavy atom. The molecule has 2 aromatic rings. The number of carbonyl (C=O) groups excluding carboxylic acids is 2. The van der Waals surface area contributed by atoms with Gasteiger partial charge in [0.15, 0.2) is 0 Å². The highest BCUT2D eigenvalue weighted by Crippen LogP contribution is 2.20. The van der Waals surface area contributed by atoms with Crippen molar-refractivity contribution < 1.29 is 14.0 Å². The molecule has 5 nitrogen and oxygen atoms in total. The summed E-state index contributed by atoms with van der Waals surface area (Å²) in [7, 11) is 0. The Morgan fingerprint density at radius 2 is 1.64 bits per heavy atom. The molecule has 0 radical (unpaired) electrons. The van der Waals surface area contributed by atoms with E-state index in [1.165, 1.54) is 24.3 Å². The lowest BCUT2D eigenvalue weighted by Crippen LogP contribution is -2.45. The average molecular weight is 341 g/mol. The second kappa shape index (κ2) is 7.79. The van der Waals surface area contributed by atoms with Gasteiger partial charge in [-0.15, -0.1) is 0 Å². The standard InChI is InChI=1S/C19H20FN3O2/c20-15-8-10-17(11-9-15)21-18(24)14-5-4-12-23(13-14)19(25)22-16-6-2-1-3-7-16/h1-3,6-11,14H,4-5,12-13H2,(H,21,24)(H,22,25)/t14-/m1/s1. The van der Waals surface area contributed by atoms with Gasteiger partial charge in [-0.1, -0.05) is 18.2 Å². The molecule has 25 heavy (non-hydrogen) atoms. The molecule has 1 heterocycles. The monoisotopic (exact) mass is 341 g/mol. The summed E-state index contributed by atoms with van der Waals surface area (Å²) in [4.78, 5) is 26.4. The van der Waals surface area contributed by atoms with Crippen LogP contribution in [0.5, 0.6) is 0 Å². The summed E-state index contributed by atoms with van der Waals surface area (Å²) in [5.74, 6) is -0.774. The number of hydrogen-bond donors (Lipinski definition) is 2. The highest BCUT2D eigenvalue weighted by Gasteiger charge is 2.28. The van der Waals surface area contributed by atoms with E-state index in [1.54, 1.807) is 4.90 Å². The van der Waals surface area contributed by atoms with Gasteiger partial charge in [0.1, 0.15) is 5.82 Å². The second-order valence-corrected chi connectivity index (χ2v) is 6.08. The Morgan fingerprint density at radius 3 is 2.36 bits per heavy atom. The highest BCUT2D eigenvalue weighted by atomic mass is 19.1. The average Bonchev–Trinajstić information content (AvgIpc) is 2.64. The number of carbonyl (C=O) groups is 2. The largest absolute Gasteiger partial charge is 0.326 e. The van der Waals surface area contributed by atoms with Crippen LogP contribution >= 0.6 is 0 Å². The molecule has 1 saturated heterocycles.